The molecule has 0 amide bonds. The van der Waals surface area contributed by atoms with Crippen LogP contribution in [0.4, 0.5) is 4.39 Å². The van der Waals surface area contributed by atoms with Gasteiger partial charge >= 0.3 is 0 Å². The van der Waals surface area contributed by atoms with Crippen molar-refractivity contribution in [3.63, 3.8) is 0 Å². The van der Waals surface area contributed by atoms with Gasteiger partial charge in [0.15, 0.2) is 0 Å². The predicted molar refractivity (Wildman–Crippen MR) is 85.5 cm³/mol. The number of aryl methyl sites for hydroxylation is 1. The fourth-order valence-electron chi connectivity index (χ4n) is 2.29. The molecule has 0 bridgehead atoms. The van der Waals surface area contributed by atoms with Crippen LogP contribution >= 0.6 is 0 Å². The number of aromatic amines is 1. The van der Waals surface area contributed by atoms with Gasteiger partial charge in [-0.3, -0.25) is 5.10 Å². The first-order chi connectivity index (χ1) is 10.9. The van der Waals surface area contributed by atoms with E-state index in [0.29, 0.717) is 22.4 Å². The second-order valence-electron chi connectivity index (χ2n) is 5.18. The fraction of sp³-hybridized carbons (Fsp3) is 0.0625. The highest BCUT2D eigenvalue weighted by Crippen LogP contribution is 2.31. The van der Waals surface area contributed by atoms with Crippen molar-refractivity contribution in [2.45, 2.75) is 11.8 Å². The number of nitrogens with one attached hydrogen (secondary N) is 1. The highest BCUT2D eigenvalue weighted by molar-refractivity contribution is 7.89. The van der Waals surface area contributed by atoms with Gasteiger partial charge < -0.3 is 0 Å². The lowest BCUT2D eigenvalue weighted by atomic mass is 10.0. The minimum Gasteiger partial charge on any atom is -0.284 e. The highest BCUT2D eigenvalue weighted by atomic mass is 32.2. The zero-order valence-electron chi connectivity index (χ0n) is 12.2. The zero-order chi connectivity index (χ0) is 16.6. The number of hydrogen-bond donors (Lipinski definition) is 2. The van der Waals surface area contributed by atoms with Crippen molar-refractivity contribution in [1.82, 2.24) is 10.2 Å². The maximum Gasteiger partial charge on any atom is 0.238 e. The normalized spacial score (nSPS) is 11.6. The molecule has 0 fully saturated rings. The van der Waals surface area contributed by atoms with Crippen LogP contribution in [-0.2, 0) is 10.0 Å². The van der Waals surface area contributed by atoms with E-state index in [2.05, 4.69) is 10.2 Å². The van der Waals surface area contributed by atoms with Crippen LogP contribution in [0.1, 0.15) is 5.56 Å². The molecule has 0 unspecified atom stereocenters. The molecule has 0 aliphatic rings. The number of H-pyrrole nitrogens is 1. The average Bonchev–Trinajstić information content (AvgIpc) is 2.99. The molecule has 5 nitrogen and oxygen atoms in total. The SMILES string of the molecule is Cc1ccc(-c2c[nH]nc2-c2ccc(S(N)(=O)=O)cc2)cc1F. The van der Waals surface area contributed by atoms with Gasteiger partial charge in [-0.2, -0.15) is 5.10 Å². The van der Waals surface area contributed by atoms with Crippen LogP contribution < -0.4 is 5.14 Å². The Balaban J connectivity index is 2.05. The standard InChI is InChI=1S/C16H14FN3O2S/c1-10-2-3-12(8-15(10)17)14-9-19-20-16(14)11-4-6-13(7-5-11)23(18,21)22/h2-9H,1H3,(H,19,20)(H2,18,21,22). The summed E-state index contributed by atoms with van der Waals surface area (Å²) >= 11 is 0. The van der Waals surface area contributed by atoms with Gasteiger partial charge in [0.1, 0.15) is 5.82 Å². The molecule has 118 valence electrons. The number of aromatic nitrogens is 2. The molecule has 2 aromatic carbocycles. The number of primary sulfonamides is 1. The van der Waals surface area contributed by atoms with Crippen LogP contribution in [-0.4, -0.2) is 18.6 Å². The van der Waals surface area contributed by atoms with Crippen molar-refractivity contribution in [3.8, 4) is 22.4 Å². The third-order valence-corrected chi connectivity index (χ3v) is 4.51. The van der Waals surface area contributed by atoms with E-state index < -0.39 is 10.0 Å². The summed E-state index contributed by atoms with van der Waals surface area (Å²) in [4.78, 5) is 0.0275. The quantitative estimate of drug-likeness (QED) is 0.773. The van der Waals surface area contributed by atoms with E-state index in [1.54, 1.807) is 31.3 Å². The summed E-state index contributed by atoms with van der Waals surface area (Å²) in [6.07, 6.45) is 1.67. The Morgan fingerprint density at radius 3 is 2.35 bits per heavy atom. The third-order valence-electron chi connectivity index (χ3n) is 3.58. The number of hydrogen-bond acceptors (Lipinski definition) is 3. The summed E-state index contributed by atoms with van der Waals surface area (Å²) in [5.74, 6) is -0.292. The van der Waals surface area contributed by atoms with Gasteiger partial charge in [0, 0.05) is 17.3 Å². The molecule has 0 aliphatic carbocycles. The van der Waals surface area contributed by atoms with E-state index in [0.717, 1.165) is 5.56 Å². The molecule has 3 aromatic rings. The molecule has 0 saturated heterocycles. The third kappa shape index (κ3) is 3.01. The molecule has 0 atom stereocenters. The Hall–Kier alpha value is -2.51. The summed E-state index contributed by atoms with van der Waals surface area (Å²) in [7, 11) is -3.74. The average molecular weight is 331 g/mol. The van der Waals surface area contributed by atoms with Crippen LogP contribution in [0.5, 0.6) is 0 Å². The van der Waals surface area contributed by atoms with E-state index in [9.17, 15) is 12.8 Å². The molecule has 1 heterocycles. The molecule has 1 aromatic heterocycles. The van der Waals surface area contributed by atoms with Gasteiger partial charge in [0.25, 0.3) is 0 Å². The number of benzene rings is 2. The lowest BCUT2D eigenvalue weighted by molar-refractivity contribution is 0.598. The first-order valence-corrected chi connectivity index (χ1v) is 8.34. The van der Waals surface area contributed by atoms with Crippen LogP contribution in [0.25, 0.3) is 22.4 Å². The van der Waals surface area contributed by atoms with Crippen LogP contribution in [0, 0.1) is 12.7 Å². The Morgan fingerprint density at radius 1 is 1.09 bits per heavy atom. The van der Waals surface area contributed by atoms with Gasteiger partial charge in [0.05, 0.1) is 10.6 Å². The minimum absolute atomic E-state index is 0.0275. The summed E-state index contributed by atoms with van der Waals surface area (Å²) in [5, 5.41) is 12.0. The Kier molecular flexibility index (Phi) is 3.75. The summed E-state index contributed by atoms with van der Waals surface area (Å²) in [6, 6.07) is 11.0. The van der Waals surface area contributed by atoms with Gasteiger partial charge in [-0.1, -0.05) is 24.3 Å². The van der Waals surface area contributed by atoms with Crippen molar-refractivity contribution < 1.29 is 12.8 Å². The van der Waals surface area contributed by atoms with Gasteiger partial charge in [-0.25, -0.2) is 17.9 Å². The van der Waals surface area contributed by atoms with Gasteiger partial charge in [-0.15, -0.1) is 0 Å². The van der Waals surface area contributed by atoms with Crippen LogP contribution in [0.15, 0.2) is 53.6 Å². The van der Waals surface area contributed by atoms with Crippen molar-refractivity contribution in [2.75, 3.05) is 0 Å². The maximum absolute atomic E-state index is 13.8. The second kappa shape index (κ2) is 5.60. The maximum atomic E-state index is 13.8. The molecular weight excluding hydrogens is 317 g/mol. The van der Waals surface area contributed by atoms with Crippen molar-refractivity contribution in [2.24, 2.45) is 5.14 Å². The molecular formula is C16H14FN3O2S. The molecule has 23 heavy (non-hydrogen) atoms. The molecule has 0 aliphatic heterocycles. The van der Waals surface area contributed by atoms with E-state index in [-0.39, 0.29) is 10.7 Å². The Labute approximate surface area is 133 Å². The number of rotatable bonds is 3. The topological polar surface area (TPSA) is 88.8 Å². The summed E-state index contributed by atoms with van der Waals surface area (Å²) in [6.45, 7) is 1.70. The zero-order valence-corrected chi connectivity index (χ0v) is 13.1. The summed E-state index contributed by atoms with van der Waals surface area (Å²) < 4.78 is 36.4. The molecule has 0 saturated carbocycles. The summed E-state index contributed by atoms with van der Waals surface area (Å²) in [5.41, 5.74) is 3.29. The lowest BCUT2D eigenvalue weighted by Gasteiger charge is -2.05. The van der Waals surface area contributed by atoms with E-state index in [1.807, 2.05) is 6.07 Å². The van der Waals surface area contributed by atoms with Crippen LogP contribution in [0.2, 0.25) is 0 Å². The molecule has 3 rings (SSSR count). The lowest BCUT2D eigenvalue weighted by Crippen LogP contribution is -2.11. The fourth-order valence-corrected chi connectivity index (χ4v) is 2.81. The smallest absolute Gasteiger partial charge is 0.238 e. The number of sulfonamides is 1. The Morgan fingerprint density at radius 2 is 1.74 bits per heavy atom. The van der Waals surface area contributed by atoms with Gasteiger partial charge in [0.2, 0.25) is 10.0 Å². The largest absolute Gasteiger partial charge is 0.284 e. The van der Waals surface area contributed by atoms with E-state index in [1.165, 1.54) is 18.2 Å². The number of halogens is 1. The molecule has 7 heteroatoms. The van der Waals surface area contributed by atoms with E-state index in [4.69, 9.17) is 5.14 Å². The number of nitrogens with two attached hydrogens (primary N) is 1. The molecule has 0 radical (unpaired) electrons. The Bertz CT molecular complexity index is 963. The number of nitrogens with zero attached hydrogens (tertiary/aromatic N) is 1. The van der Waals surface area contributed by atoms with Gasteiger partial charge in [-0.05, 0) is 36.2 Å². The second-order valence-corrected chi connectivity index (χ2v) is 6.74. The van der Waals surface area contributed by atoms with Crippen molar-refractivity contribution >= 4 is 10.0 Å². The predicted octanol–water partition coefficient (Wildman–Crippen LogP) is 2.84. The monoisotopic (exact) mass is 331 g/mol. The first-order valence-electron chi connectivity index (χ1n) is 6.80. The van der Waals surface area contributed by atoms with Crippen molar-refractivity contribution in [1.29, 1.82) is 0 Å². The highest BCUT2D eigenvalue weighted by Gasteiger charge is 2.13. The van der Waals surface area contributed by atoms with Crippen molar-refractivity contribution in [3.05, 3.63) is 60.0 Å². The molecule has 3 N–H and O–H groups in total. The van der Waals surface area contributed by atoms with Crippen LogP contribution in [0.3, 0.4) is 0 Å². The molecule has 0 spiro atoms. The minimum atomic E-state index is -3.74. The first kappa shape index (κ1) is 15.4. The van der Waals surface area contributed by atoms with E-state index >= 15 is 0 Å².